The Labute approximate surface area is 188 Å². The summed E-state index contributed by atoms with van der Waals surface area (Å²) in [4.78, 5) is 17.7. The molecule has 3 heterocycles. The average Bonchev–Trinajstić information content (AvgIpc) is 2.83. The van der Waals surface area contributed by atoms with E-state index in [1.54, 1.807) is 7.11 Å². The first-order valence-corrected chi connectivity index (χ1v) is 11.5. The number of carbonyl (C=O) groups excluding carboxylic acids is 1. The molecule has 32 heavy (non-hydrogen) atoms. The summed E-state index contributed by atoms with van der Waals surface area (Å²) in [6.45, 7) is 3.30. The second-order valence-electron chi connectivity index (χ2n) is 8.90. The highest BCUT2D eigenvalue weighted by Crippen LogP contribution is 2.48. The van der Waals surface area contributed by atoms with Crippen molar-refractivity contribution in [2.75, 3.05) is 50.2 Å². The van der Waals surface area contributed by atoms with Crippen LogP contribution in [-0.4, -0.2) is 68.1 Å². The number of hydrogen-bond acceptors (Lipinski definition) is 5. The number of para-hydroxylation sites is 3. The molecular weight excluding hydrogens is 406 g/mol. The Morgan fingerprint density at radius 2 is 1.91 bits per heavy atom. The lowest BCUT2D eigenvalue weighted by molar-refractivity contribution is -0.0622. The monoisotopic (exact) mass is 437 g/mol. The lowest BCUT2D eigenvalue weighted by atomic mass is 9.71. The van der Waals surface area contributed by atoms with Crippen LogP contribution in [0.1, 0.15) is 24.3 Å². The van der Waals surface area contributed by atoms with Crippen LogP contribution >= 0.6 is 0 Å². The topological polar surface area (TPSA) is 74.3 Å². The number of amides is 2. The lowest BCUT2D eigenvalue weighted by Crippen LogP contribution is -2.70. The largest absolute Gasteiger partial charge is 0.495 e. The first kappa shape index (κ1) is 21.2. The number of ether oxygens (including phenoxy) is 2. The molecule has 2 aromatic carbocycles. The van der Waals surface area contributed by atoms with Crippen molar-refractivity contribution in [3.8, 4) is 5.75 Å². The van der Waals surface area contributed by atoms with Gasteiger partial charge in [-0.25, -0.2) is 4.79 Å². The van der Waals surface area contributed by atoms with Crippen LogP contribution in [-0.2, 0) is 4.74 Å². The van der Waals surface area contributed by atoms with Crippen LogP contribution in [0.5, 0.6) is 5.75 Å². The molecule has 0 bridgehead atoms. The Kier molecular flexibility index (Phi) is 6.04. The minimum Gasteiger partial charge on any atom is -0.495 e. The average molecular weight is 438 g/mol. The predicted octanol–water partition coefficient (Wildman–Crippen LogP) is 3.30. The Balaban J connectivity index is 1.40. The number of hydrogen-bond donors (Lipinski definition) is 2. The summed E-state index contributed by atoms with van der Waals surface area (Å²) in [5.74, 6) is 1.45. The van der Waals surface area contributed by atoms with Crippen molar-refractivity contribution in [2.24, 2.45) is 5.92 Å². The smallest absolute Gasteiger partial charge is 0.326 e. The highest BCUT2D eigenvalue weighted by molar-refractivity contribution is 6.03. The Bertz CT molecular complexity index is 962. The fourth-order valence-corrected chi connectivity index (χ4v) is 5.59. The molecule has 7 nitrogen and oxygen atoms in total. The number of carbonyl (C=O) groups is 1. The molecule has 0 saturated carbocycles. The van der Waals surface area contributed by atoms with Crippen molar-refractivity contribution in [3.63, 3.8) is 0 Å². The van der Waals surface area contributed by atoms with E-state index in [1.807, 2.05) is 47.4 Å². The number of anilines is 2. The molecule has 5 rings (SSSR count). The summed E-state index contributed by atoms with van der Waals surface area (Å²) < 4.78 is 10.9. The van der Waals surface area contributed by atoms with Gasteiger partial charge in [0, 0.05) is 50.0 Å². The fraction of sp³-hybridized carbons (Fsp3) is 0.480. The molecule has 0 unspecified atom stereocenters. The first-order valence-electron chi connectivity index (χ1n) is 11.5. The van der Waals surface area contributed by atoms with Crippen molar-refractivity contribution in [2.45, 2.75) is 30.8 Å². The summed E-state index contributed by atoms with van der Waals surface area (Å²) in [7, 11) is 1.60. The van der Waals surface area contributed by atoms with Gasteiger partial charge in [-0.05, 0) is 42.5 Å². The molecule has 2 saturated heterocycles. The van der Waals surface area contributed by atoms with E-state index in [0.717, 1.165) is 43.9 Å². The summed E-state index contributed by atoms with van der Waals surface area (Å²) in [5, 5.41) is 13.2. The van der Waals surface area contributed by atoms with E-state index in [0.29, 0.717) is 23.9 Å². The quantitative estimate of drug-likeness (QED) is 0.751. The number of likely N-dealkylation sites (tertiary alicyclic amines) is 1. The summed E-state index contributed by atoms with van der Waals surface area (Å²) >= 11 is 0. The number of aliphatic hydroxyl groups excluding tert-OH is 1. The molecule has 3 atom stereocenters. The molecule has 2 fully saturated rings. The van der Waals surface area contributed by atoms with Gasteiger partial charge in [-0.1, -0.05) is 30.3 Å². The molecule has 170 valence electrons. The maximum absolute atomic E-state index is 13.4. The van der Waals surface area contributed by atoms with Gasteiger partial charge in [0.15, 0.2) is 0 Å². The third-order valence-corrected chi connectivity index (χ3v) is 7.23. The van der Waals surface area contributed by atoms with E-state index in [1.165, 1.54) is 0 Å². The Hall–Kier alpha value is -2.61. The maximum Gasteiger partial charge on any atom is 0.326 e. The molecule has 0 spiro atoms. The number of nitrogens with one attached hydrogen (secondary N) is 1. The van der Waals surface area contributed by atoms with Crippen molar-refractivity contribution in [3.05, 3.63) is 54.1 Å². The number of urea groups is 1. The molecule has 2 N–H and O–H groups in total. The van der Waals surface area contributed by atoms with Gasteiger partial charge in [-0.15, -0.1) is 0 Å². The zero-order chi connectivity index (χ0) is 22.1. The van der Waals surface area contributed by atoms with E-state index >= 15 is 0 Å². The molecule has 0 aliphatic carbocycles. The second-order valence-corrected chi connectivity index (χ2v) is 8.90. The fourth-order valence-electron chi connectivity index (χ4n) is 5.59. The Morgan fingerprint density at radius 3 is 2.69 bits per heavy atom. The van der Waals surface area contributed by atoms with Crippen molar-refractivity contribution < 1.29 is 19.4 Å². The predicted molar refractivity (Wildman–Crippen MR) is 123 cm³/mol. The van der Waals surface area contributed by atoms with Gasteiger partial charge < -0.3 is 19.9 Å². The van der Waals surface area contributed by atoms with Gasteiger partial charge >= 0.3 is 6.03 Å². The van der Waals surface area contributed by atoms with Crippen molar-refractivity contribution in [1.82, 2.24) is 4.90 Å². The maximum atomic E-state index is 13.4. The van der Waals surface area contributed by atoms with E-state index < -0.39 is 0 Å². The van der Waals surface area contributed by atoms with Gasteiger partial charge in [-0.2, -0.15) is 0 Å². The third-order valence-electron chi connectivity index (χ3n) is 7.23. The van der Waals surface area contributed by atoms with Crippen LogP contribution in [0.3, 0.4) is 0 Å². The van der Waals surface area contributed by atoms with Crippen LogP contribution in [0.25, 0.3) is 0 Å². The molecule has 3 aliphatic heterocycles. The van der Waals surface area contributed by atoms with E-state index in [9.17, 15) is 9.90 Å². The minimum atomic E-state index is -0.168. The van der Waals surface area contributed by atoms with Gasteiger partial charge in [0.1, 0.15) is 5.75 Å². The van der Waals surface area contributed by atoms with E-state index in [-0.39, 0.29) is 30.6 Å². The SMILES string of the molecule is COc1ccccc1NC(=O)N1C[C@H]2[C@@H](c3ccccc31)[C@H](CO)N2CC1CCOCC1. The number of aliphatic hydroxyl groups is 1. The molecular formula is C25H31N3O4. The Morgan fingerprint density at radius 1 is 1.16 bits per heavy atom. The van der Waals surface area contributed by atoms with Gasteiger partial charge in [-0.3, -0.25) is 9.80 Å². The standard InChI is InChI=1S/C25H31N3O4/c1-31-23-9-5-3-7-19(23)26-25(30)28-15-21-24(18-6-2-4-8-20(18)28)22(16-29)27(21)14-17-10-12-32-13-11-17/h2-9,17,21-22,24,29H,10-16H2,1H3,(H,26,30)/t21-,22-,24+/m0/s1. The molecule has 7 heteroatoms. The second kappa shape index (κ2) is 9.10. The van der Waals surface area contributed by atoms with Crippen molar-refractivity contribution in [1.29, 1.82) is 0 Å². The first-order chi connectivity index (χ1) is 15.7. The highest BCUT2D eigenvalue weighted by atomic mass is 16.5. The van der Waals surface area contributed by atoms with E-state index in [4.69, 9.17) is 9.47 Å². The van der Waals surface area contributed by atoms with Crippen LogP contribution in [0.15, 0.2) is 48.5 Å². The highest BCUT2D eigenvalue weighted by Gasteiger charge is 2.53. The third kappa shape index (κ3) is 3.74. The van der Waals surface area contributed by atoms with E-state index in [2.05, 4.69) is 16.3 Å². The van der Waals surface area contributed by atoms with Crippen LogP contribution in [0.2, 0.25) is 0 Å². The zero-order valence-corrected chi connectivity index (χ0v) is 18.4. The zero-order valence-electron chi connectivity index (χ0n) is 18.4. The van der Waals surface area contributed by atoms with Crippen molar-refractivity contribution >= 4 is 17.4 Å². The minimum absolute atomic E-state index is 0.100. The normalized spacial score (nSPS) is 25.4. The summed E-state index contributed by atoms with van der Waals surface area (Å²) in [5.41, 5.74) is 2.71. The van der Waals surface area contributed by atoms with Gasteiger partial charge in [0.2, 0.25) is 0 Å². The lowest BCUT2D eigenvalue weighted by Gasteiger charge is -2.59. The van der Waals surface area contributed by atoms with Gasteiger partial charge in [0.05, 0.1) is 19.4 Å². The molecule has 2 amide bonds. The molecule has 3 aliphatic rings. The van der Waals surface area contributed by atoms with Crippen LogP contribution < -0.4 is 15.0 Å². The number of nitrogens with zero attached hydrogens (tertiary/aromatic N) is 2. The molecule has 0 radical (unpaired) electrons. The number of rotatable bonds is 5. The van der Waals surface area contributed by atoms with Crippen LogP contribution in [0, 0.1) is 5.92 Å². The van der Waals surface area contributed by atoms with Gasteiger partial charge in [0.25, 0.3) is 0 Å². The summed E-state index contributed by atoms with van der Waals surface area (Å²) in [6, 6.07) is 15.7. The molecule has 2 aromatic rings. The van der Waals surface area contributed by atoms with Crippen LogP contribution in [0.4, 0.5) is 16.2 Å². The number of methoxy groups -OCH3 is 1. The number of fused-ring (bicyclic) bond motifs is 3. The number of benzene rings is 2. The summed E-state index contributed by atoms with van der Waals surface area (Å²) in [6.07, 6.45) is 2.11. The molecule has 0 aromatic heterocycles.